The minimum absolute atomic E-state index is 0.0499. The van der Waals surface area contributed by atoms with Crippen LogP contribution < -0.4 is 0 Å². The Morgan fingerprint density at radius 1 is 1.22 bits per heavy atom. The van der Waals surface area contributed by atoms with Crippen LogP contribution in [0.3, 0.4) is 0 Å². The van der Waals surface area contributed by atoms with Crippen LogP contribution in [0.15, 0.2) is 48.5 Å². The summed E-state index contributed by atoms with van der Waals surface area (Å²) in [7, 11) is 0. The minimum Gasteiger partial charge on any atom is -0.480 e. The standard InChI is InChI=1S/C17H15Cl2NO2S/c18-13-6-3-5-11(8-13)16-20(15(10-23-16)17(21)22)9-12-4-1-2-7-14(12)19/h1-8,15-16H,9-10H2,(H,21,22). The van der Waals surface area contributed by atoms with Crippen molar-refractivity contribution < 1.29 is 9.90 Å². The molecular weight excluding hydrogens is 353 g/mol. The molecule has 0 bridgehead atoms. The van der Waals surface area contributed by atoms with Crippen LogP contribution in [0.25, 0.3) is 0 Å². The highest BCUT2D eigenvalue weighted by atomic mass is 35.5. The molecule has 23 heavy (non-hydrogen) atoms. The summed E-state index contributed by atoms with van der Waals surface area (Å²) in [5.74, 6) is -0.272. The third kappa shape index (κ3) is 3.66. The zero-order valence-corrected chi connectivity index (χ0v) is 14.5. The van der Waals surface area contributed by atoms with Gasteiger partial charge in [-0.3, -0.25) is 9.69 Å². The molecule has 6 heteroatoms. The summed E-state index contributed by atoms with van der Waals surface area (Å²) in [5.41, 5.74) is 1.94. The zero-order valence-electron chi connectivity index (χ0n) is 12.2. The Morgan fingerprint density at radius 2 is 2.00 bits per heavy atom. The van der Waals surface area contributed by atoms with Crippen molar-refractivity contribution in [1.82, 2.24) is 4.90 Å². The average molecular weight is 368 g/mol. The number of aliphatic carboxylic acids is 1. The molecule has 2 aromatic carbocycles. The zero-order chi connectivity index (χ0) is 16.4. The number of thioether (sulfide) groups is 1. The molecule has 0 spiro atoms. The van der Waals surface area contributed by atoms with Gasteiger partial charge in [0.25, 0.3) is 0 Å². The number of nitrogens with zero attached hydrogens (tertiary/aromatic N) is 1. The van der Waals surface area contributed by atoms with Gasteiger partial charge >= 0.3 is 5.97 Å². The number of carbonyl (C=O) groups is 1. The van der Waals surface area contributed by atoms with E-state index < -0.39 is 12.0 Å². The van der Waals surface area contributed by atoms with E-state index in [1.165, 1.54) is 0 Å². The highest BCUT2D eigenvalue weighted by Crippen LogP contribution is 2.43. The Balaban J connectivity index is 1.93. The number of hydrogen-bond donors (Lipinski definition) is 1. The highest BCUT2D eigenvalue weighted by Gasteiger charge is 2.39. The van der Waals surface area contributed by atoms with Gasteiger partial charge in [-0.15, -0.1) is 11.8 Å². The van der Waals surface area contributed by atoms with Crippen LogP contribution in [0.4, 0.5) is 0 Å². The Morgan fingerprint density at radius 3 is 2.70 bits per heavy atom. The summed E-state index contributed by atoms with van der Waals surface area (Å²) in [6.45, 7) is 0.487. The van der Waals surface area contributed by atoms with Gasteiger partial charge in [0.2, 0.25) is 0 Å². The molecule has 0 saturated carbocycles. The number of benzene rings is 2. The largest absolute Gasteiger partial charge is 0.480 e. The number of carboxylic acid groups (broad SMARTS) is 1. The summed E-state index contributed by atoms with van der Waals surface area (Å²) < 4.78 is 0. The Kier molecular flexibility index (Phi) is 5.17. The van der Waals surface area contributed by atoms with Crippen LogP contribution in [0, 0.1) is 0 Å². The smallest absolute Gasteiger partial charge is 0.321 e. The van der Waals surface area contributed by atoms with Crippen LogP contribution >= 0.6 is 35.0 Å². The summed E-state index contributed by atoms with van der Waals surface area (Å²) in [6, 6.07) is 14.6. The molecule has 0 radical (unpaired) electrons. The molecule has 3 rings (SSSR count). The van der Waals surface area contributed by atoms with Crippen molar-refractivity contribution in [1.29, 1.82) is 0 Å². The molecule has 1 heterocycles. The summed E-state index contributed by atoms with van der Waals surface area (Å²) in [6.07, 6.45) is 0. The molecule has 3 nitrogen and oxygen atoms in total. The Hall–Kier alpha value is -1.20. The fourth-order valence-electron chi connectivity index (χ4n) is 2.71. The van der Waals surface area contributed by atoms with E-state index in [0.717, 1.165) is 11.1 Å². The van der Waals surface area contributed by atoms with E-state index in [9.17, 15) is 9.90 Å². The lowest BCUT2D eigenvalue weighted by Crippen LogP contribution is -2.38. The second kappa shape index (κ2) is 7.14. The first-order valence-corrected chi connectivity index (χ1v) is 8.96. The maximum Gasteiger partial charge on any atom is 0.321 e. The lowest BCUT2D eigenvalue weighted by Gasteiger charge is -2.27. The first-order chi connectivity index (χ1) is 11.1. The van der Waals surface area contributed by atoms with Crippen molar-refractivity contribution in [3.05, 3.63) is 69.7 Å². The van der Waals surface area contributed by atoms with Crippen molar-refractivity contribution in [2.45, 2.75) is 18.0 Å². The van der Waals surface area contributed by atoms with Crippen LogP contribution in [0.2, 0.25) is 10.0 Å². The molecule has 2 aromatic rings. The van der Waals surface area contributed by atoms with E-state index in [1.54, 1.807) is 11.8 Å². The van der Waals surface area contributed by atoms with Gasteiger partial charge in [-0.2, -0.15) is 0 Å². The second-order valence-corrected chi connectivity index (χ2v) is 7.32. The van der Waals surface area contributed by atoms with Gasteiger partial charge < -0.3 is 5.11 Å². The molecule has 120 valence electrons. The van der Waals surface area contributed by atoms with Gasteiger partial charge in [-0.1, -0.05) is 53.5 Å². The molecule has 1 fully saturated rings. The third-order valence-electron chi connectivity index (χ3n) is 3.84. The number of halogens is 2. The van der Waals surface area contributed by atoms with Gasteiger partial charge in [0.1, 0.15) is 6.04 Å². The maximum atomic E-state index is 11.6. The van der Waals surface area contributed by atoms with Crippen molar-refractivity contribution in [3.63, 3.8) is 0 Å². The van der Waals surface area contributed by atoms with E-state index in [4.69, 9.17) is 23.2 Å². The molecule has 2 unspecified atom stereocenters. The fourth-order valence-corrected chi connectivity index (χ4v) is 4.56. The van der Waals surface area contributed by atoms with Crippen LogP contribution in [0.1, 0.15) is 16.5 Å². The van der Waals surface area contributed by atoms with Gasteiger partial charge in [0, 0.05) is 22.3 Å². The molecule has 1 aliphatic rings. The average Bonchev–Trinajstić information content (AvgIpc) is 2.93. The van der Waals surface area contributed by atoms with E-state index >= 15 is 0 Å². The van der Waals surface area contributed by atoms with E-state index in [2.05, 4.69) is 0 Å². The SMILES string of the molecule is O=C(O)C1CSC(c2cccc(Cl)c2)N1Cc1ccccc1Cl. The first kappa shape index (κ1) is 16.7. The quantitative estimate of drug-likeness (QED) is 0.850. The molecule has 1 aliphatic heterocycles. The predicted molar refractivity (Wildman–Crippen MR) is 95.1 cm³/mol. The molecule has 1 N–H and O–H groups in total. The van der Waals surface area contributed by atoms with Gasteiger partial charge in [0.05, 0.1) is 5.37 Å². The lowest BCUT2D eigenvalue weighted by molar-refractivity contribution is -0.142. The Bertz CT molecular complexity index is 725. The second-order valence-electron chi connectivity index (χ2n) is 5.36. The number of carboxylic acids is 1. The Labute approximate surface area is 149 Å². The van der Waals surface area contributed by atoms with Crippen molar-refractivity contribution >= 4 is 40.9 Å². The monoisotopic (exact) mass is 367 g/mol. The highest BCUT2D eigenvalue weighted by molar-refractivity contribution is 7.99. The van der Waals surface area contributed by atoms with Crippen LogP contribution in [-0.4, -0.2) is 27.8 Å². The molecule has 0 amide bonds. The van der Waals surface area contributed by atoms with Crippen molar-refractivity contribution in [3.8, 4) is 0 Å². The molecular formula is C17H15Cl2NO2S. The number of hydrogen-bond acceptors (Lipinski definition) is 3. The first-order valence-electron chi connectivity index (χ1n) is 7.15. The fraction of sp³-hybridized carbons (Fsp3) is 0.235. The minimum atomic E-state index is -0.811. The maximum absolute atomic E-state index is 11.6. The molecule has 2 atom stereocenters. The molecule has 0 aliphatic carbocycles. The van der Waals surface area contributed by atoms with Gasteiger partial charge in [0.15, 0.2) is 0 Å². The van der Waals surface area contributed by atoms with E-state index in [0.29, 0.717) is 22.3 Å². The normalized spacial score (nSPS) is 21.5. The predicted octanol–water partition coefficient (Wildman–Crippen LogP) is 4.69. The summed E-state index contributed by atoms with van der Waals surface area (Å²) in [5, 5.41) is 10.8. The van der Waals surface area contributed by atoms with Crippen molar-refractivity contribution in [2.24, 2.45) is 0 Å². The van der Waals surface area contributed by atoms with Crippen LogP contribution in [-0.2, 0) is 11.3 Å². The van der Waals surface area contributed by atoms with Crippen LogP contribution in [0.5, 0.6) is 0 Å². The lowest BCUT2D eigenvalue weighted by atomic mass is 10.1. The van der Waals surface area contributed by atoms with Gasteiger partial charge in [-0.05, 0) is 29.3 Å². The summed E-state index contributed by atoms with van der Waals surface area (Å²) in [4.78, 5) is 13.6. The molecule has 0 aromatic heterocycles. The summed E-state index contributed by atoms with van der Waals surface area (Å²) >= 11 is 14.0. The van der Waals surface area contributed by atoms with E-state index in [-0.39, 0.29) is 5.37 Å². The van der Waals surface area contributed by atoms with E-state index in [1.807, 2.05) is 53.4 Å². The van der Waals surface area contributed by atoms with Crippen molar-refractivity contribution in [2.75, 3.05) is 5.75 Å². The topological polar surface area (TPSA) is 40.5 Å². The number of rotatable bonds is 4. The molecule has 1 saturated heterocycles. The third-order valence-corrected chi connectivity index (χ3v) is 5.81. The van der Waals surface area contributed by atoms with Gasteiger partial charge in [-0.25, -0.2) is 0 Å².